The number of esters is 1. The summed E-state index contributed by atoms with van der Waals surface area (Å²) in [5.74, 6) is -1.07. The summed E-state index contributed by atoms with van der Waals surface area (Å²) in [6.07, 6.45) is 2.21. The summed E-state index contributed by atoms with van der Waals surface area (Å²) >= 11 is 0. The minimum absolute atomic E-state index is 0.00754. The molecule has 1 aliphatic rings. The Hall–Kier alpha value is -4.21. The van der Waals surface area contributed by atoms with Gasteiger partial charge >= 0.3 is 5.97 Å². The quantitative estimate of drug-likeness (QED) is 0.241. The van der Waals surface area contributed by atoms with Crippen molar-refractivity contribution in [2.45, 2.75) is 6.92 Å². The fourth-order valence-corrected chi connectivity index (χ4v) is 2.66. The zero-order valence-corrected chi connectivity index (χ0v) is 15.7. The second-order valence-corrected chi connectivity index (χ2v) is 6.11. The number of carbonyl (C=O) groups excluding carboxylic acids is 3. The molecular formula is C20H16N2O8. The van der Waals surface area contributed by atoms with Crippen LogP contribution in [-0.2, 0) is 14.3 Å². The molecule has 0 aromatic heterocycles. The van der Waals surface area contributed by atoms with E-state index in [1.54, 1.807) is 6.07 Å². The summed E-state index contributed by atoms with van der Waals surface area (Å²) in [4.78, 5) is 46.2. The number of para-hydroxylation sites is 1. The summed E-state index contributed by atoms with van der Waals surface area (Å²) in [5.41, 5.74) is 0.465. The topological polar surface area (TPSA) is 134 Å². The molecule has 2 aromatic carbocycles. The molecule has 30 heavy (non-hydrogen) atoms. The third-order valence-electron chi connectivity index (χ3n) is 4.04. The molecule has 1 aliphatic heterocycles. The van der Waals surface area contributed by atoms with Crippen molar-refractivity contribution in [1.82, 2.24) is 0 Å². The Morgan fingerprint density at radius 1 is 1.20 bits per heavy atom. The molecule has 10 heteroatoms. The average molecular weight is 412 g/mol. The van der Waals surface area contributed by atoms with E-state index in [-0.39, 0.29) is 35.1 Å². The number of Topliss-reactive ketones (excluding diaryl/α,β-unsaturated/α-hetero) is 1. The Morgan fingerprint density at radius 3 is 2.60 bits per heavy atom. The molecule has 1 N–H and O–H groups in total. The molecule has 0 fully saturated rings. The number of hydrogen-bond acceptors (Lipinski definition) is 8. The van der Waals surface area contributed by atoms with Crippen LogP contribution >= 0.6 is 0 Å². The molecule has 1 amide bonds. The highest BCUT2D eigenvalue weighted by Gasteiger charge is 2.20. The maximum absolute atomic E-state index is 12.1. The molecule has 0 radical (unpaired) electrons. The Morgan fingerprint density at radius 2 is 1.90 bits per heavy atom. The number of amides is 1. The monoisotopic (exact) mass is 412 g/mol. The highest BCUT2D eigenvalue weighted by atomic mass is 16.7. The molecule has 0 atom stereocenters. The van der Waals surface area contributed by atoms with E-state index in [0.717, 1.165) is 6.08 Å². The Labute approximate surface area is 170 Å². The number of ether oxygens (including phenoxy) is 3. The van der Waals surface area contributed by atoms with Gasteiger partial charge in [-0.25, -0.2) is 4.79 Å². The van der Waals surface area contributed by atoms with Crippen LogP contribution in [0.1, 0.15) is 22.8 Å². The highest BCUT2D eigenvalue weighted by Crippen LogP contribution is 2.37. The number of nitrogens with zero attached hydrogens (tertiary/aromatic N) is 1. The van der Waals surface area contributed by atoms with Gasteiger partial charge in [0.1, 0.15) is 0 Å². The van der Waals surface area contributed by atoms with Gasteiger partial charge in [-0.15, -0.1) is 0 Å². The Bertz CT molecular complexity index is 1060. The molecule has 0 saturated carbocycles. The number of hydrogen-bond donors (Lipinski definition) is 1. The van der Waals surface area contributed by atoms with Crippen LogP contribution in [-0.4, -0.2) is 36.0 Å². The third-order valence-corrected chi connectivity index (χ3v) is 4.04. The maximum atomic E-state index is 12.1. The van der Waals surface area contributed by atoms with Gasteiger partial charge in [0.15, 0.2) is 23.9 Å². The number of nitrogens with one attached hydrogen (secondary N) is 1. The number of ketones is 1. The van der Waals surface area contributed by atoms with Crippen LogP contribution in [0.2, 0.25) is 0 Å². The first-order valence-electron chi connectivity index (χ1n) is 8.68. The first kappa shape index (κ1) is 20.5. The minimum atomic E-state index is -0.860. The van der Waals surface area contributed by atoms with E-state index in [4.69, 9.17) is 14.2 Å². The molecule has 3 rings (SSSR count). The van der Waals surface area contributed by atoms with Crippen molar-refractivity contribution in [3.63, 3.8) is 0 Å². The summed E-state index contributed by atoms with van der Waals surface area (Å²) in [5, 5.41) is 13.5. The molecule has 2 aromatic rings. The van der Waals surface area contributed by atoms with Crippen molar-refractivity contribution >= 4 is 35.1 Å². The minimum Gasteiger partial charge on any atom is -0.454 e. The summed E-state index contributed by atoms with van der Waals surface area (Å²) < 4.78 is 15.3. The number of carbonyl (C=O) groups is 3. The standard InChI is InChI=1S/C20H16N2O8/c1-12(23)14-8-17-18(30-11-29-17)9-15(14)21-19(24)10-28-20(25)7-6-13-4-2-3-5-16(13)22(26)27/h2-9H,10-11H2,1H3,(H,21,24)/b7-6+. The Kier molecular flexibility index (Phi) is 6.06. The van der Waals surface area contributed by atoms with Crippen LogP contribution < -0.4 is 14.8 Å². The van der Waals surface area contributed by atoms with Gasteiger partial charge in [-0.1, -0.05) is 12.1 Å². The van der Waals surface area contributed by atoms with Gasteiger partial charge in [-0.3, -0.25) is 19.7 Å². The molecule has 0 unspecified atom stereocenters. The molecular weight excluding hydrogens is 396 g/mol. The van der Waals surface area contributed by atoms with E-state index in [1.807, 2.05) is 0 Å². The molecule has 0 spiro atoms. The van der Waals surface area contributed by atoms with E-state index < -0.39 is 23.4 Å². The van der Waals surface area contributed by atoms with Crippen LogP contribution in [0, 0.1) is 10.1 Å². The highest BCUT2D eigenvalue weighted by molar-refractivity contribution is 6.05. The van der Waals surface area contributed by atoms with Crippen molar-refractivity contribution < 1.29 is 33.5 Å². The van der Waals surface area contributed by atoms with E-state index in [9.17, 15) is 24.5 Å². The van der Waals surface area contributed by atoms with Gasteiger partial charge in [0.05, 0.1) is 16.2 Å². The van der Waals surface area contributed by atoms with Gasteiger partial charge in [0.25, 0.3) is 11.6 Å². The molecule has 10 nitrogen and oxygen atoms in total. The van der Waals surface area contributed by atoms with Crippen molar-refractivity contribution in [3.8, 4) is 11.5 Å². The maximum Gasteiger partial charge on any atom is 0.331 e. The van der Waals surface area contributed by atoms with Crippen LogP contribution in [0.25, 0.3) is 6.08 Å². The van der Waals surface area contributed by atoms with E-state index in [1.165, 1.54) is 43.3 Å². The lowest BCUT2D eigenvalue weighted by Crippen LogP contribution is -2.21. The SMILES string of the molecule is CC(=O)c1cc2c(cc1NC(=O)COC(=O)/C=C/c1ccccc1[N+](=O)[O-])OCO2. The van der Waals surface area contributed by atoms with Crippen LogP contribution in [0.4, 0.5) is 11.4 Å². The molecule has 1 heterocycles. The number of fused-ring (bicyclic) bond motifs is 1. The number of nitro groups is 1. The lowest BCUT2D eigenvalue weighted by atomic mass is 10.1. The predicted octanol–water partition coefficient (Wildman–Crippen LogP) is 2.72. The summed E-state index contributed by atoms with van der Waals surface area (Å²) in [6.45, 7) is 0.722. The first-order chi connectivity index (χ1) is 14.3. The van der Waals surface area contributed by atoms with Crippen molar-refractivity contribution in [2.24, 2.45) is 0 Å². The predicted molar refractivity (Wildman–Crippen MR) is 104 cm³/mol. The lowest BCUT2D eigenvalue weighted by Gasteiger charge is -2.10. The molecule has 154 valence electrons. The number of rotatable bonds is 7. The van der Waals surface area contributed by atoms with Gasteiger partial charge in [0.2, 0.25) is 6.79 Å². The first-order valence-corrected chi connectivity index (χ1v) is 8.68. The Balaban J connectivity index is 1.61. The zero-order valence-electron chi connectivity index (χ0n) is 15.7. The van der Waals surface area contributed by atoms with Crippen LogP contribution in [0.5, 0.6) is 11.5 Å². The van der Waals surface area contributed by atoms with E-state index >= 15 is 0 Å². The van der Waals surface area contributed by atoms with Crippen LogP contribution in [0.15, 0.2) is 42.5 Å². The van der Waals surface area contributed by atoms with E-state index in [2.05, 4.69) is 5.32 Å². The third kappa shape index (κ3) is 4.79. The largest absolute Gasteiger partial charge is 0.454 e. The second-order valence-electron chi connectivity index (χ2n) is 6.11. The fraction of sp³-hybridized carbons (Fsp3) is 0.150. The van der Waals surface area contributed by atoms with Crippen molar-refractivity contribution in [2.75, 3.05) is 18.7 Å². The van der Waals surface area contributed by atoms with Crippen molar-refractivity contribution in [1.29, 1.82) is 0 Å². The number of benzene rings is 2. The van der Waals surface area contributed by atoms with Gasteiger partial charge in [-0.2, -0.15) is 0 Å². The lowest BCUT2D eigenvalue weighted by molar-refractivity contribution is -0.385. The smallest absolute Gasteiger partial charge is 0.331 e. The van der Waals surface area contributed by atoms with Gasteiger partial charge in [-0.05, 0) is 25.1 Å². The van der Waals surface area contributed by atoms with Crippen LogP contribution in [0.3, 0.4) is 0 Å². The van der Waals surface area contributed by atoms with Gasteiger partial charge in [0, 0.05) is 23.8 Å². The molecule has 0 aliphatic carbocycles. The number of nitro benzene ring substituents is 1. The fourth-order valence-electron chi connectivity index (χ4n) is 2.66. The normalized spacial score (nSPS) is 11.9. The average Bonchev–Trinajstić information content (AvgIpc) is 3.17. The molecule has 0 saturated heterocycles. The zero-order chi connectivity index (χ0) is 21.7. The second kappa shape index (κ2) is 8.86. The van der Waals surface area contributed by atoms with Crippen molar-refractivity contribution in [3.05, 3.63) is 63.7 Å². The number of anilines is 1. The summed E-state index contributed by atoms with van der Waals surface area (Å²) in [6, 6.07) is 8.77. The summed E-state index contributed by atoms with van der Waals surface area (Å²) in [7, 11) is 0. The van der Waals surface area contributed by atoms with E-state index in [0.29, 0.717) is 11.5 Å². The van der Waals surface area contributed by atoms with Gasteiger partial charge < -0.3 is 19.5 Å². The molecule has 0 bridgehead atoms.